The van der Waals surface area contributed by atoms with Gasteiger partial charge in [0.05, 0.1) is 43.1 Å². The van der Waals surface area contributed by atoms with Crippen LogP contribution in [-0.2, 0) is 9.47 Å². The Kier molecular flexibility index (Phi) is 6.61. The zero-order valence-corrected chi connectivity index (χ0v) is 22.6. The summed E-state index contributed by atoms with van der Waals surface area (Å²) in [6.45, 7) is 0. The summed E-state index contributed by atoms with van der Waals surface area (Å²) in [7, 11) is 0. The van der Waals surface area contributed by atoms with E-state index in [0.717, 1.165) is 22.3 Å². The monoisotopic (exact) mass is 582 g/mol. The predicted octanol–water partition coefficient (Wildman–Crippen LogP) is 8.34. The van der Waals surface area contributed by atoms with Gasteiger partial charge in [-0.2, -0.15) is 0 Å². The number of hydrogen-bond donors (Lipinski definition) is 0. The minimum atomic E-state index is -0.866. The number of hydrogen-bond acceptors (Lipinski definition) is 4. The quantitative estimate of drug-likeness (QED) is 0.227. The molecular formula is C30H18Cl4O4. The third-order valence-corrected chi connectivity index (χ3v) is 8.52. The van der Waals surface area contributed by atoms with Gasteiger partial charge in [-0.05, 0) is 70.8 Å². The molecule has 2 unspecified atom stereocenters. The van der Waals surface area contributed by atoms with E-state index in [1.54, 1.807) is 72.8 Å². The second-order valence-corrected chi connectivity index (χ2v) is 10.8. The lowest BCUT2D eigenvalue weighted by Crippen LogP contribution is -2.51. The Morgan fingerprint density at radius 2 is 0.789 bits per heavy atom. The van der Waals surface area contributed by atoms with E-state index in [1.807, 2.05) is 12.1 Å². The summed E-state index contributed by atoms with van der Waals surface area (Å²) < 4.78 is 12.3. The maximum absolute atomic E-state index is 13.3. The smallest absolute Gasteiger partial charge is 0.338 e. The Morgan fingerprint density at radius 3 is 1.08 bits per heavy atom. The van der Waals surface area contributed by atoms with Crippen molar-refractivity contribution in [2.75, 3.05) is 0 Å². The van der Waals surface area contributed by atoms with Crippen molar-refractivity contribution in [3.8, 4) is 0 Å². The number of fused-ring (bicyclic) bond motifs is 1. The van der Waals surface area contributed by atoms with Gasteiger partial charge < -0.3 is 9.47 Å². The number of esters is 2. The van der Waals surface area contributed by atoms with E-state index in [-0.39, 0.29) is 0 Å². The maximum Gasteiger partial charge on any atom is 0.338 e. The first-order chi connectivity index (χ1) is 18.3. The summed E-state index contributed by atoms with van der Waals surface area (Å²) in [4.78, 5) is 26.6. The first-order valence-electron chi connectivity index (χ1n) is 11.8. The van der Waals surface area contributed by atoms with Crippen LogP contribution in [-0.4, -0.2) is 24.1 Å². The number of benzene rings is 4. The largest absolute Gasteiger partial charge is 0.454 e. The molecule has 38 heavy (non-hydrogen) atoms. The second kappa shape index (κ2) is 9.94. The molecule has 0 heterocycles. The van der Waals surface area contributed by atoms with Gasteiger partial charge in [0.1, 0.15) is 0 Å². The molecule has 2 bridgehead atoms. The van der Waals surface area contributed by atoms with Crippen LogP contribution in [0.3, 0.4) is 0 Å². The summed E-state index contributed by atoms with van der Waals surface area (Å²) in [5.41, 5.74) is 4.07. The predicted molar refractivity (Wildman–Crippen MR) is 148 cm³/mol. The summed E-state index contributed by atoms with van der Waals surface area (Å²) >= 11 is 25.8. The van der Waals surface area contributed by atoms with Crippen molar-refractivity contribution in [3.05, 3.63) is 138 Å². The van der Waals surface area contributed by atoms with Gasteiger partial charge in [0, 0.05) is 0 Å². The van der Waals surface area contributed by atoms with E-state index in [1.165, 1.54) is 0 Å². The third-order valence-electron chi connectivity index (χ3n) is 7.08. The van der Waals surface area contributed by atoms with Crippen molar-refractivity contribution in [3.63, 3.8) is 0 Å². The average molecular weight is 584 g/mol. The highest BCUT2D eigenvalue weighted by molar-refractivity contribution is 6.42. The van der Waals surface area contributed by atoms with Crippen molar-refractivity contribution in [1.82, 2.24) is 0 Å². The Bertz CT molecular complexity index is 1400. The standard InChI is InChI=1S/C30H18Cl4O4/c31-21-11-17-19(13-23(21)33)26-20-14-24(34)22(32)12-18(20)25(17)27(37-29(35)15-7-3-1-4-8-15)28(26)38-30(36)16-9-5-2-6-10-16/h1-14,25-28H. The second-order valence-electron chi connectivity index (χ2n) is 9.22. The molecule has 0 N–H and O–H groups in total. The minimum absolute atomic E-state index is 0.366. The Labute approximate surface area is 239 Å². The van der Waals surface area contributed by atoms with Crippen LogP contribution in [0.1, 0.15) is 54.8 Å². The Morgan fingerprint density at radius 1 is 0.500 bits per heavy atom. The third kappa shape index (κ3) is 4.26. The number of rotatable bonds is 4. The molecule has 8 heteroatoms. The Balaban J connectivity index is 1.52. The van der Waals surface area contributed by atoms with Crippen molar-refractivity contribution in [2.45, 2.75) is 24.0 Å². The van der Waals surface area contributed by atoms with Crippen LogP contribution >= 0.6 is 46.4 Å². The molecule has 2 atom stereocenters. The highest BCUT2D eigenvalue weighted by Crippen LogP contribution is 2.57. The zero-order valence-electron chi connectivity index (χ0n) is 19.5. The first kappa shape index (κ1) is 25.3. The van der Waals surface area contributed by atoms with Gasteiger partial charge in [0.25, 0.3) is 0 Å². The van der Waals surface area contributed by atoms with Gasteiger partial charge >= 0.3 is 11.9 Å². The molecule has 4 nitrogen and oxygen atoms in total. The molecule has 190 valence electrons. The lowest BCUT2D eigenvalue weighted by molar-refractivity contribution is -0.0557. The van der Waals surface area contributed by atoms with Gasteiger partial charge in [-0.3, -0.25) is 0 Å². The lowest BCUT2D eigenvalue weighted by atomic mass is 9.61. The molecule has 0 radical (unpaired) electrons. The van der Waals surface area contributed by atoms with Crippen LogP contribution < -0.4 is 0 Å². The fraction of sp³-hybridized carbons (Fsp3) is 0.133. The average Bonchev–Trinajstić information content (AvgIpc) is 2.92. The van der Waals surface area contributed by atoms with E-state index in [0.29, 0.717) is 31.2 Å². The van der Waals surface area contributed by atoms with Gasteiger partial charge in [-0.1, -0.05) is 82.8 Å². The minimum Gasteiger partial charge on any atom is -0.454 e. The van der Waals surface area contributed by atoms with Crippen LogP contribution in [0.15, 0.2) is 84.9 Å². The molecule has 0 amide bonds. The van der Waals surface area contributed by atoms with Gasteiger partial charge in [-0.15, -0.1) is 0 Å². The number of ether oxygens (including phenoxy) is 2. The summed E-state index contributed by atoms with van der Waals surface area (Å²) in [5.74, 6) is -2.13. The van der Waals surface area contributed by atoms with Gasteiger partial charge in [-0.25, -0.2) is 9.59 Å². The topological polar surface area (TPSA) is 52.6 Å². The normalized spacial score (nSPS) is 20.8. The maximum atomic E-state index is 13.3. The van der Waals surface area contributed by atoms with E-state index < -0.39 is 36.0 Å². The lowest BCUT2D eigenvalue weighted by Gasteiger charge is -2.49. The van der Waals surface area contributed by atoms with Gasteiger partial charge in [0.2, 0.25) is 0 Å². The van der Waals surface area contributed by atoms with Crippen LogP contribution in [0.5, 0.6) is 0 Å². The SMILES string of the molecule is O=C(OC1C2c3cc(Cl)c(Cl)cc3C(c3cc(Cl)c(Cl)cc32)C1OC(=O)c1ccccc1)c1ccccc1. The Hall–Kier alpha value is -3.02. The fourth-order valence-electron chi connectivity index (χ4n) is 5.46. The molecule has 3 aliphatic carbocycles. The molecule has 0 spiro atoms. The van der Waals surface area contributed by atoms with Crippen LogP contribution in [0.4, 0.5) is 0 Å². The van der Waals surface area contributed by atoms with Crippen LogP contribution in [0.2, 0.25) is 20.1 Å². The zero-order chi connectivity index (χ0) is 26.6. The van der Waals surface area contributed by atoms with E-state index in [2.05, 4.69) is 0 Å². The molecule has 0 aromatic heterocycles. The van der Waals surface area contributed by atoms with E-state index in [9.17, 15) is 9.59 Å². The molecular weight excluding hydrogens is 566 g/mol. The van der Waals surface area contributed by atoms with E-state index in [4.69, 9.17) is 55.9 Å². The fourth-order valence-corrected chi connectivity index (χ4v) is 6.15. The number of halogens is 4. The summed E-state index contributed by atoms with van der Waals surface area (Å²) in [6.07, 6.45) is -1.73. The van der Waals surface area contributed by atoms with Gasteiger partial charge in [0.15, 0.2) is 12.2 Å². The van der Waals surface area contributed by atoms with E-state index >= 15 is 0 Å². The highest BCUT2D eigenvalue weighted by Gasteiger charge is 2.54. The summed E-state index contributed by atoms with van der Waals surface area (Å²) in [5, 5.41) is 1.46. The van der Waals surface area contributed by atoms with Crippen molar-refractivity contribution < 1.29 is 19.1 Å². The highest BCUT2D eigenvalue weighted by atomic mass is 35.5. The number of carbonyl (C=O) groups excluding carboxylic acids is 2. The molecule has 4 aromatic carbocycles. The molecule has 0 saturated heterocycles. The van der Waals surface area contributed by atoms with Crippen molar-refractivity contribution >= 4 is 58.3 Å². The molecule has 3 aliphatic rings. The molecule has 0 saturated carbocycles. The summed E-state index contributed by atoms with van der Waals surface area (Å²) in [6, 6.07) is 24.4. The molecule has 0 aliphatic heterocycles. The van der Waals surface area contributed by atoms with Crippen molar-refractivity contribution in [1.29, 1.82) is 0 Å². The van der Waals surface area contributed by atoms with Crippen LogP contribution in [0, 0.1) is 0 Å². The number of carbonyl (C=O) groups is 2. The van der Waals surface area contributed by atoms with Crippen LogP contribution in [0.25, 0.3) is 0 Å². The van der Waals surface area contributed by atoms with Crippen molar-refractivity contribution in [2.24, 2.45) is 0 Å². The molecule has 4 aromatic rings. The molecule has 7 rings (SSSR count). The molecule has 0 fully saturated rings. The first-order valence-corrected chi connectivity index (χ1v) is 13.3.